The van der Waals surface area contributed by atoms with Crippen LogP contribution in [0.25, 0.3) is 0 Å². The van der Waals surface area contributed by atoms with Gasteiger partial charge in [0.05, 0.1) is 19.3 Å². The van der Waals surface area contributed by atoms with Crippen LogP contribution in [0.2, 0.25) is 0 Å². The number of hydrogen-bond donors (Lipinski definition) is 1. The molecule has 0 atom stereocenters. The first-order valence-electron chi connectivity index (χ1n) is 6.00. The van der Waals surface area contributed by atoms with Crippen LogP contribution < -0.4 is 20.9 Å². The van der Waals surface area contributed by atoms with Crippen molar-refractivity contribution in [3.05, 3.63) is 50.3 Å². The third-order valence-electron chi connectivity index (χ3n) is 2.73. The predicted octanol–water partition coefficient (Wildman–Crippen LogP) is 1.21. The highest BCUT2D eigenvalue weighted by Crippen LogP contribution is 2.22. The van der Waals surface area contributed by atoms with E-state index in [1.165, 1.54) is 7.11 Å². The summed E-state index contributed by atoms with van der Waals surface area (Å²) < 4.78 is 9.68. The first kappa shape index (κ1) is 13.8. The van der Waals surface area contributed by atoms with Gasteiger partial charge < -0.3 is 14.8 Å². The zero-order chi connectivity index (χ0) is 14.7. The van der Waals surface area contributed by atoms with Crippen LogP contribution in [-0.4, -0.2) is 19.7 Å². The van der Waals surface area contributed by atoms with E-state index < -0.39 is 16.8 Å². The van der Waals surface area contributed by atoms with Crippen molar-refractivity contribution < 1.29 is 14.3 Å². The minimum Gasteiger partial charge on any atom is -0.488 e. The maximum absolute atomic E-state index is 11.4. The lowest BCUT2D eigenvalue weighted by Crippen LogP contribution is -2.35. The molecule has 0 spiro atoms. The summed E-state index contributed by atoms with van der Waals surface area (Å²) in [5.74, 6) is -0.393. The Labute approximate surface area is 114 Å². The summed E-state index contributed by atoms with van der Waals surface area (Å²) in [7, 11) is 1.30. The third-order valence-corrected chi connectivity index (χ3v) is 2.73. The van der Waals surface area contributed by atoms with Crippen LogP contribution in [0, 0.1) is 0 Å². The number of carbonyl (C=O) groups excluding carboxylic acids is 1. The van der Waals surface area contributed by atoms with Crippen LogP contribution in [0.1, 0.15) is 17.3 Å². The summed E-state index contributed by atoms with van der Waals surface area (Å²) in [5.41, 5.74) is -0.118. The highest BCUT2D eigenvalue weighted by atomic mass is 16.5. The van der Waals surface area contributed by atoms with E-state index >= 15 is 0 Å². The molecule has 0 bridgehead atoms. The maximum Gasteiger partial charge on any atom is 0.337 e. The highest BCUT2D eigenvalue weighted by molar-refractivity contribution is 5.89. The molecular weight excluding hydrogens is 262 g/mol. The molecule has 0 aliphatic rings. The van der Waals surface area contributed by atoms with E-state index in [1.54, 1.807) is 31.2 Å². The number of hydrogen-bond acceptors (Lipinski definition) is 6. The van der Waals surface area contributed by atoms with Crippen LogP contribution in [0.5, 0.6) is 5.75 Å². The normalized spacial score (nSPS) is 10.3. The highest BCUT2D eigenvalue weighted by Gasteiger charge is 2.22. The number of ether oxygens (including phenoxy) is 2. The molecule has 1 N–H and O–H groups in total. The second kappa shape index (κ2) is 5.56. The molecule has 6 heteroatoms. The molecule has 2 aromatic rings. The lowest BCUT2D eigenvalue weighted by Gasteiger charge is -2.13. The fraction of sp³-hybridized carbons (Fsp3) is 0.214. The third kappa shape index (κ3) is 2.40. The topological polar surface area (TPSA) is 81.7 Å². The number of benzene rings is 1. The molecule has 104 valence electrons. The van der Waals surface area contributed by atoms with Gasteiger partial charge in [-0.15, -0.1) is 0 Å². The second-order valence-electron chi connectivity index (χ2n) is 3.99. The van der Waals surface area contributed by atoms with Crippen LogP contribution in [0.3, 0.4) is 0 Å². The Morgan fingerprint density at radius 2 is 1.80 bits per heavy atom. The summed E-state index contributed by atoms with van der Waals surface area (Å²) >= 11 is 0. The van der Waals surface area contributed by atoms with E-state index in [-0.39, 0.29) is 11.4 Å². The van der Waals surface area contributed by atoms with Crippen molar-refractivity contribution in [2.75, 3.05) is 19.0 Å². The zero-order valence-electron chi connectivity index (χ0n) is 11.1. The van der Waals surface area contributed by atoms with Gasteiger partial charge >= 0.3 is 5.97 Å². The first-order valence-corrected chi connectivity index (χ1v) is 6.00. The number of rotatable bonds is 5. The van der Waals surface area contributed by atoms with Crippen molar-refractivity contribution in [1.29, 1.82) is 0 Å². The van der Waals surface area contributed by atoms with Gasteiger partial charge in [-0.1, -0.05) is 0 Å². The van der Waals surface area contributed by atoms with E-state index in [0.29, 0.717) is 17.9 Å². The van der Waals surface area contributed by atoms with Gasteiger partial charge in [0, 0.05) is 5.69 Å². The van der Waals surface area contributed by atoms with Crippen molar-refractivity contribution in [3.63, 3.8) is 0 Å². The van der Waals surface area contributed by atoms with Gasteiger partial charge in [0.25, 0.3) is 10.9 Å². The summed E-state index contributed by atoms with van der Waals surface area (Å²) in [5, 5.41) is 2.81. The largest absolute Gasteiger partial charge is 0.488 e. The van der Waals surface area contributed by atoms with Crippen molar-refractivity contribution in [2.45, 2.75) is 6.92 Å². The van der Waals surface area contributed by atoms with Gasteiger partial charge in [-0.2, -0.15) is 0 Å². The van der Waals surface area contributed by atoms with Gasteiger partial charge in [0.2, 0.25) is 0 Å². The summed E-state index contributed by atoms with van der Waals surface area (Å²) in [6.07, 6.45) is 0. The Hall–Kier alpha value is -2.63. The molecule has 0 aromatic heterocycles. The van der Waals surface area contributed by atoms with Crippen LogP contribution >= 0.6 is 0 Å². The van der Waals surface area contributed by atoms with Crippen LogP contribution in [0.15, 0.2) is 33.9 Å². The van der Waals surface area contributed by atoms with Gasteiger partial charge in [0.15, 0.2) is 5.75 Å². The van der Waals surface area contributed by atoms with Crippen LogP contribution in [-0.2, 0) is 4.74 Å². The fourth-order valence-corrected chi connectivity index (χ4v) is 1.72. The van der Waals surface area contributed by atoms with E-state index in [4.69, 9.17) is 4.74 Å². The Kier molecular flexibility index (Phi) is 3.84. The average Bonchev–Trinajstić information content (AvgIpc) is 2.50. The summed E-state index contributed by atoms with van der Waals surface area (Å²) in [4.78, 5) is 34.0. The molecule has 6 nitrogen and oxygen atoms in total. The summed E-state index contributed by atoms with van der Waals surface area (Å²) in [6, 6.07) is 6.33. The monoisotopic (exact) mass is 275 g/mol. The molecule has 0 fully saturated rings. The van der Waals surface area contributed by atoms with Crippen LogP contribution in [0.4, 0.5) is 11.4 Å². The molecule has 0 radical (unpaired) electrons. The Morgan fingerprint density at radius 1 is 1.15 bits per heavy atom. The molecule has 0 aliphatic heterocycles. The van der Waals surface area contributed by atoms with Crippen molar-refractivity contribution >= 4 is 17.3 Å². The van der Waals surface area contributed by atoms with E-state index in [1.807, 2.05) is 0 Å². The molecule has 0 amide bonds. The van der Waals surface area contributed by atoms with E-state index in [0.717, 1.165) is 0 Å². The van der Waals surface area contributed by atoms with Gasteiger partial charge in [-0.05, 0) is 31.2 Å². The minimum atomic E-state index is -0.625. The molecule has 2 rings (SSSR count). The Bertz CT molecular complexity index is 695. The van der Waals surface area contributed by atoms with Gasteiger partial charge in [-0.25, -0.2) is 4.79 Å². The van der Waals surface area contributed by atoms with Gasteiger partial charge in [-0.3, -0.25) is 9.59 Å². The molecule has 0 saturated heterocycles. The van der Waals surface area contributed by atoms with Gasteiger partial charge in [0.1, 0.15) is 5.69 Å². The lowest BCUT2D eigenvalue weighted by molar-refractivity contribution is 0.0601. The summed E-state index contributed by atoms with van der Waals surface area (Å²) in [6.45, 7) is 2.03. The smallest absolute Gasteiger partial charge is 0.337 e. The lowest BCUT2D eigenvalue weighted by atomic mass is 10.1. The fourth-order valence-electron chi connectivity index (χ4n) is 1.72. The molecule has 0 heterocycles. The minimum absolute atomic E-state index is 0.0505. The zero-order valence-corrected chi connectivity index (χ0v) is 11.1. The molecule has 20 heavy (non-hydrogen) atoms. The number of carbonyl (C=O) groups is 1. The first-order chi connectivity index (χ1) is 9.58. The SMILES string of the molecule is CCOc1c(Nc2ccc(C(=O)OC)cc2)c(=O)c1=O. The number of esters is 1. The predicted molar refractivity (Wildman–Crippen MR) is 73.6 cm³/mol. The average molecular weight is 275 g/mol. The van der Waals surface area contributed by atoms with E-state index in [2.05, 4.69) is 10.1 Å². The van der Waals surface area contributed by atoms with Crippen molar-refractivity contribution in [3.8, 4) is 5.75 Å². The number of nitrogens with one attached hydrogen (secondary N) is 1. The standard InChI is InChI=1S/C14H13NO5/c1-3-20-13-10(11(16)12(13)17)15-9-6-4-8(5-7-9)14(18)19-2/h4-7,15H,3H2,1-2H3. The molecule has 0 saturated carbocycles. The molecule has 0 unspecified atom stereocenters. The number of anilines is 2. The van der Waals surface area contributed by atoms with E-state index in [9.17, 15) is 14.4 Å². The molecule has 0 aliphatic carbocycles. The van der Waals surface area contributed by atoms with Crippen molar-refractivity contribution in [2.24, 2.45) is 0 Å². The Morgan fingerprint density at radius 3 is 2.35 bits per heavy atom. The number of methoxy groups -OCH3 is 1. The van der Waals surface area contributed by atoms with Crippen molar-refractivity contribution in [1.82, 2.24) is 0 Å². The second-order valence-corrected chi connectivity index (χ2v) is 3.99. The quantitative estimate of drug-likeness (QED) is 0.652. The molecular formula is C14H13NO5. The molecule has 2 aromatic carbocycles. The Balaban J connectivity index is 2.19. The maximum atomic E-state index is 11.4.